The molecular weight excluding hydrogens is 448 g/mol. The van der Waals surface area contributed by atoms with Crippen LogP contribution < -0.4 is 4.74 Å². The van der Waals surface area contributed by atoms with Gasteiger partial charge in [0.15, 0.2) is 6.61 Å². The zero-order valence-corrected chi connectivity index (χ0v) is 19.9. The number of imidazole rings is 1. The summed E-state index contributed by atoms with van der Waals surface area (Å²) >= 11 is 6.10. The molecule has 0 unspecified atom stereocenters. The molecular formula is C27H27ClN4O2. The minimum atomic E-state index is 0.0249. The lowest BCUT2D eigenvalue weighted by atomic mass is 10.1. The van der Waals surface area contributed by atoms with Gasteiger partial charge in [-0.1, -0.05) is 47.5 Å². The van der Waals surface area contributed by atoms with Crippen LogP contribution in [0.15, 0.2) is 72.9 Å². The van der Waals surface area contributed by atoms with Gasteiger partial charge in [-0.3, -0.25) is 9.69 Å². The van der Waals surface area contributed by atoms with Crippen molar-refractivity contribution in [2.24, 2.45) is 0 Å². The molecule has 3 heterocycles. The molecule has 0 atom stereocenters. The lowest BCUT2D eigenvalue weighted by Gasteiger charge is -2.34. The van der Waals surface area contributed by atoms with E-state index >= 15 is 0 Å². The Balaban J connectivity index is 1.24. The second-order valence-electron chi connectivity index (χ2n) is 8.60. The van der Waals surface area contributed by atoms with E-state index in [9.17, 15) is 4.79 Å². The molecule has 2 aromatic carbocycles. The van der Waals surface area contributed by atoms with Crippen molar-refractivity contribution in [3.8, 4) is 17.0 Å². The molecule has 34 heavy (non-hydrogen) atoms. The summed E-state index contributed by atoms with van der Waals surface area (Å²) in [6.45, 7) is 5.82. The lowest BCUT2D eigenvalue weighted by Crippen LogP contribution is -2.49. The standard InChI is InChI=1S/C27H27ClN4O2/c1-20-5-11-23(12-6-20)34-19-26(33)31-16-14-30(15-17-31)18-24-27(21-7-9-22(28)10-8-21)29-25-4-2-3-13-32(24)25/h2-13H,14-19H2,1H3. The minimum absolute atomic E-state index is 0.0249. The number of carbonyl (C=O) groups is 1. The first-order chi connectivity index (χ1) is 16.6. The number of fused-ring (bicyclic) bond motifs is 1. The van der Waals surface area contributed by atoms with Crippen LogP contribution in [-0.2, 0) is 11.3 Å². The molecule has 0 spiro atoms. The SMILES string of the molecule is Cc1ccc(OCC(=O)N2CCN(Cc3c(-c4ccc(Cl)cc4)nc4ccccn34)CC2)cc1. The van der Waals surface area contributed by atoms with Crippen LogP contribution in [0.25, 0.3) is 16.9 Å². The summed E-state index contributed by atoms with van der Waals surface area (Å²) in [6.07, 6.45) is 2.05. The number of hydrogen-bond acceptors (Lipinski definition) is 4. The van der Waals surface area contributed by atoms with Gasteiger partial charge < -0.3 is 14.0 Å². The number of amides is 1. The van der Waals surface area contributed by atoms with Gasteiger partial charge in [0, 0.05) is 49.5 Å². The van der Waals surface area contributed by atoms with Crippen molar-refractivity contribution in [3.05, 3.63) is 89.2 Å². The number of benzene rings is 2. The Hall–Kier alpha value is -3.35. The maximum absolute atomic E-state index is 12.7. The van der Waals surface area contributed by atoms with Crippen LogP contribution in [0.3, 0.4) is 0 Å². The number of halogens is 1. The van der Waals surface area contributed by atoms with Crippen LogP contribution in [0.2, 0.25) is 5.02 Å². The molecule has 5 rings (SSSR count). The Kier molecular flexibility index (Phi) is 6.52. The third kappa shape index (κ3) is 4.93. The van der Waals surface area contributed by atoms with Gasteiger partial charge in [-0.15, -0.1) is 0 Å². The van der Waals surface area contributed by atoms with Crippen molar-refractivity contribution in [1.29, 1.82) is 0 Å². The second kappa shape index (κ2) is 9.87. The Bertz CT molecular complexity index is 1280. The van der Waals surface area contributed by atoms with Crippen molar-refractivity contribution in [1.82, 2.24) is 19.2 Å². The van der Waals surface area contributed by atoms with Gasteiger partial charge in [-0.25, -0.2) is 4.98 Å². The summed E-state index contributed by atoms with van der Waals surface area (Å²) in [6, 6.07) is 21.6. The molecule has 1 aliphatic rings. The van der Waals surface area contributed by atoms with Crippen LogP contribution in [0.4, 0.5) is 0 Å². The summed E-state index contributed by atoms with van der Waals surface area (Å²) < 4.78 is 7.83. The third-order valence-electron chi connectivity index (χ3n) is 6.23. The van der Waals surface area contributed by atoms with Crippen molar-refractivity contribution in [2.75, 3.05) is 32.8 Å². The molecule has 0 bridgehead atoms. The Morgan fingerprint density at radius 2 is 1.71 bits per heavy atom. The molecule has 1 saturated heterocycles. The number of rotatable bonds is 6. The van der Waals surface area contributed by atoms with E-state index in [0.29, 0.717) is 18.1 Å². The highest BCUT2D eigenvalue weighted by Gasteiger charge is 2.24. The second-order valence-corrected chi connectivity index (χ2v) is 9.04. The zero-order valence-electron chi connectivity index (χ0n) is 19.2. The predicted octanol–water partition coefficient (Wildman–Crippen LogP) is 4.69. The Labute approximate surface area is 204 Å². The highest BCUT2D eigenvalue weighted by Crippen LogP contribution is 2.27. The molecule has 1 amide bonds. The normalized spacial score (nSPS) is 14.5. The van der Waals surface area contributed by atoms with Gasteiger partial charge in [0.05, 0.1) is 11.4 Å². The van der Waals surface area contributed by atoms with E-state index in [0.717, 1.165) is 48.0 Å². The summed E-state index contributed by atoms with van der Waals surface area (Å²) in [5.74, 6) is 0.747. The maximum Gasteiger partial charge on any atom is 0.260 e. The molecule has 0 saturated carbocycles. The Morgan fingerprint density at radius 3 is 2.44 bits per heavy atom. The summed E-state index contributed by atoms with van der Waals surface area (Å²) in [4.78, 5) is 21.8. The van der Waals surface area contributed by atoms with Gasteiger partial charge in [0.2, 0.25) is 0 Å². The van der Waals surface area contributed by atoms with E-state index < -0.39 is 0 Å². The first-order valence-electron chi connectivity index (χ1n) is 11.5. The van der Waals surface area contributed by atoms with E-state index in [-0.39, 0.29) is 12.5 Å². The maximum atomic E-state index is 12.7. The fraction of sp³-hybridized carbons (Fsp3) is 0.259. The number of carbonyl (C=O) groups excluding carboxylic acids is 1. The van der Waals surface area contributed by atoms with Crippen LogP contribution in [-0.4, -0.2) is 57.9 Å². The molecule has 6 nitrogen and oxygen atoms in total. The average molecular weight is 475 g/mol. The quantitative estimate of drug-likeness (QED) is 0.407. The molecule has 1 fully saturated rings. The summed E-state index contributed by atoms with van der Waals surface area (Å²) in [5.41, 5.74) is 5.24. The molecule has 174 valence electrons. The van der Waals surface area contributed by atoms with Crippen LogP contribution >= 0.6 is 11.6 Å². The van der Waals surface area contributed by atoms with Crippen molar-refractivity contribution in [2.45, 2.75) is 13.5 Å². The molecule has 0 N–H and O–H groups in total. The molecule has 7 heteroatoms. The number of hydrogen-bond donors (Lipinski definition) is 0. The molecule has 0 radical (unpaired) electrons. The molecule has 1 aliphatic heterocycles. The Morgan fingerprint density at radius 1 is 0.971 bits per heavy atom. The third-order valence-corrected chi connectivity index (χ3v) is 6.48. The average Bonchev–Trinajstić information content (AvgIpc) is 3.23. The number of aryl methyl sites for hydroxylation is 1. The molecule has 0 aliphatic carbocycles. The van der Waals surface area contributed by atoms with E-state index in [2.05, 4.69) is 15.5 Å². The summed E-state index contributed by atoms with van der Waals surface area (Å²) in [7, 11) is 0. The predicted molar refractivity (Wildman–Crippen MR) is 134 cm³/mol. The molecule has 4 aromatic rings. The smallest absolute Gasteiger partial charge is 0.260 e. The van der Waals surface area contributed by atoms with E-state index in [1.54, 1.807) is 0 Å². The van der Waals surface area contributed by atoms with Gasteiger partial charge >= 0.3 is 0 Å². The van der Waals surface area contributed by atoms with E-state index in [1.807, 2.05) is 78.6 Å². The monoisotopic (exact) mass is 474 g/mol. The topological polar surface area (TPSA) is 50.1 Å². The number of aromatic nitrogens is 2. The van der Waals surface area contributed by atoms with Crippen molar-refractivity contribution >= 4 is 23.2 Å². The van der Waals surface area contributed by atoms with Gasteiger partial charge in [0.1, 0.15) is 11.4 Å². The van der Waals surface area contributed by atoms with Gasteiger partial charge in [-0.2, -0.15) is 0 Å². The van der Waals surface area contributed by atoms with E-state index in [4.69, 9.17) is 21.3 Å². The first-order valence-corrected chi connectivity index (χ1v) is 11.9. The van der Waals surface area contributed by atoms with Crippen molar-refractivity contribution < 1.29 is 9.53 Å². The zero-order chi connectivity index (χ0) is 23.5. The number of ether oxygens (including phenoxy) is 1. The lowest BCUT2D eigenvalue weighted by molar-refractivity contribution is -0.135. The van der Waals surface area contributed by atoms with Crippen LogP contribution in [0.1, 0.15) is 11.3 Å². The van der Waals surface area contributed by atoms with Crippen molar-refractivity contribution in [3.63, 3.8) is 0 Å². The molecule has 2 aromatic heterocycles. The van der Waals surface area contributed by atoms with Crippen LogP contribution in [0, 0.1) is 6.92 Å². The first kappa shape index (κ1) is 22.4. The van der Waals surface area contributed by atoms with Gasteiger partial charge in [-0.05, 0) is 43.3 Å². The number of piperazine rings is 1. The van der Waals surface area contributed by atoms with E-state index in [1.165, 1.54) is 5.56 Å². The number of pyridine rings is 1. The fourth-order valence-electron chi connectivity index (χ4n) is 4.27. The largest absolute Gasteiger partial charge is 0.484 e. The highest BCUT2D eigenvalue weighted by atomic mass is 35.5. The van der Waals surface area contributed by atoms with Crippen LogP contribution in [0.5, 0.6) is 5.75 Å². The minimum Gasteiger partial charge on any atom is -0.484 e. The highest BCUT2D eigenvalue weighted by molar-refractivity contribution is 6.30. The number of nitrogens with zero attached hydrogens (tertiary/aromatic N) is 4. The fourth-order valence-corrected chi connectivity index (χ4v) is 4.40. The summed E-state index contributed by atoms with van der Waals surface area (Å²) in [5, 5.41) is 0.709. The van der Waals surface area contributed by atoms with Gasteiger partial charge in [0.25, 0.3) is 5.91 Å².